The third-order valence-electron chi connectivity index (χ3n) is 3.62. The van der Waals surface area contributed by atoms with Gasteiger partial charge in [-0.05, 0) is 30.0 Å². The second kappa shape index (κ2) is 4.98. The van der Waals surface area contributed by atoms with E-state index in [2.05, 4.69) is 25.9 Å². The van der Waals surface area contributed by atoms with Crippen LogP contribution in [0.5, 0.6) is 0 Å². The van der Waals surface area contributed by atoms with Crippen molar-refractivity contribution >= 4 is 21.7 Å². The molecule has 0 bridgehead atoms. The minimum atomic E-state index is -0.342. The lowest BCUT2D eigenvalue weighted by molar-refractivity contribution is 0.0910. The summed E-state index contributed by atoms with van der Waals surface area (Å²) in [6.45, 7) is 4.10. The molecule has 108 valence electrons. The van der Waals surface area contributed by atoms with Gasteiger partial charge in [0.1, 0.15) is 5.82 Å². The van der Waals surface area contributed by atoms with E-state index in [0.717, 1.165) is 16.6 Å². The molecule has 0 atom stereocenters. The zero-order valence-electron chi connectivity index (χ0n) is 11.8. The van der Waals surface area contributed by atoms with E-state index in [1.54, 1.807) is 12.3 Å². The Balaban J connectivity index is 2.11. The number of hydrogen-bond donors (Lipinski definition) is 0. The average Bonchev–Trinajstić information content (AvgIpc) is 2.39. The highest BCUT2D eigenvalue weighted by molar-refractivity contribution is 9.10. The zero-order valence-corrected chi connectivity index (χ0v) is 13.4. The molecular weight excluding hydrogens is 335 g/mol. The van der Waals surface area contributed by atoms with Crippen molar-refractivity contribution < 1.29 is 9.18 Å². The van der Waals surface area contributed by atoms with E-state index in [0.29, 0.717) is 23.4 Å². The quantitative estimate of drug-likeness (QED) is 0.775. The van der Waals surface area contributed by atoms with E-state index in [1.165, 1.54) is 12.1 Å². The Bertz CT molecular complexity index is 743. The summed E-state index contributed by atoms with van der Waals surface area (Å²) in [6, 6.07) is 4.39. The molecule has 0 aliphatic heterocycles. The molecule has 0 unspecified atom stereocenters. The minimum absolute atomic E-state index is 0.0751. The molecule has 0 amide bonds. The number of fused-ring (bicyclic) bond motifs is 1. The molecule has 0 spiro atoms. The number of nitrogens with zero attached hydrogens (tertiary/aromatic N) is 2. The van der Waals surface area contributed by atoms with Gasteiger partial charge < -0.3 is 0 Å². The van der Waals surface area contributed by atoms with Crippen LogP contribution in [0.2, 0.25) is 0 Å². The summed E-state index contributed by atoms with van der Waals surface area (Å²) in [4.78, 5) is 20.9. The van der Waals surface area contributed by atoms with Crippen LogP contribution in [0.25, 0.3) is 11.4 Å². The van der Waals surface area contributed by atoms with Gasteiger partial charge >= 0.3 is 0 Å². The van der Waals surface area contributed by atoms with E-state index >= 15 is 0 Å². The Morgan fingerprint density at radius 2 is 2.00 bits per heavy atom. The lowest BCUT2D eigenvalue weighted by atomic mass is 9.76. The van der Waals surface area contributed by atoms with Crippen LogP contribution in [0.3, 0.4) is 0 Å². The van der Waals surface area contributed by atoms with Crippen molar-refractivity contribution in [3.63, 3.8) is 0 Å². The lowest BCUT2D eigenvalue weighted by Crippen LogP contribution is -2.28. The first-order valence-electron chi connectivity index (χ1n) is 6.70. The van der Waals surface area contributed by atoms with Gasteiger partial charge in [0.2, 0.25) is 0 Å². The van der Waals surface area contributed by atoms with Gasteiger partial charge in [-0.3, -0.25) is 4.79 Å². The van der Waals surface area contributed by atoms with E-state index < -0.39 is 0 Å². The second-order valence-corrected chi connectivity index (χ2v) is 6.97. The first kappa shape index (κ1) is 14.3. The molecular formula is C16H14BrFN2O. The first-order chi connectivity index (χ1) is 9.85. The molecule has 0 radical (unpaired) electrons. The molecule has 3 nitrogen and oxygen atoms in total. The first-order valence-corrected chi connectivity index (χ1v) is 7.50. The summed E-state index contributed by atoms with van der Waals surface area (Å²) in [7, 11) is 0. The van der Waals surface area contributed by atoms with Crippen molar-refractivity contribution in [1.29, 1.82) is 0 Å². The molecule has 21 heavy (non-hydrogen) atoms. The molecule has 5 heteroatoms. The zero-order chi connectivity index (χ0) is 15.2. The second-order valence-electron chi connectivity index (χ2n) is 6.12. The third kappa shape index (κ3) is 2.75. The summed E-state index contributed by atoms with van der Waals surface area (Å²) >= 11 is 3.38. The molecule has 0 saturated heterocycles. The maximum Gasteiger partial charge on any atom is 0.166 e. The van der Waals surface area contributed by atoms with Crippen LogP contribution in [-0.4, -0.2) is 15.8 Å². The lowest BCUT2D eigenvalue weighted by Gasteiger charge is -2.29. The Labute approximate surface area is 130 Å². The highest BCUT2D eigenvalue weighted by Gasteiger charge is 2.32. The van der Waals surface area contributed by atoms with Crippen molar-refractivity contribution in [3.8, 4) is 11.4 Å². The molecule has 1 aliphatic rings. The van der Waals surface area contributed by atoms with E-state index in [9.17, 15) is 9.18 Å². The summed E-state index contributed by atoms with van der Waals surface area (Å²) in [5, 5.41) is 0. The number of Topliss-reactive ketones (excluding diaryl/α,β-unsaturated/α-hetero) is 1. The van der Waals surface area contributed by atoms with Crippen LogP contribution >= 0.6 is 15.9 Å². The van der Waals surface area contributed by atoms with Crippen molar-refractivity contribution in [2.24, 2.45) is 5.41 Å². The summed E-state index contributed by atoms with van der Waals surface area (Å²) in [6.07, 6.45) is 2.79. The molecule has 1 aromatic heterocycles. The molecule has 0 fully saturated rings. The van der Waals surface area contributed by atoms with Crippen molar-refractivity contribution in [1.82, 2.24) is 9.97 Å². The fourth-order valence-corrected chi connectivity index (χ4v) is 3.05. The third-order valence-corrected chi connectivity index (χ3v) is 4.31. The smallest absolute Gasteiger partial charge is 0.166 e. The summed E-state index contributed by atoms with van der Waals surface area (Å²) < 4.78 is 14.2. The topological polar surface area (TPSA) is 42.9 Å². The monoisotopic (exact) mass is 348 g/mol. The predicted molar refractivity (Wildman–Crippen MR) is 81.6 cm³/mol. The van der Waals surface area contributed by atoms with Gasteiger partial charge in [-0.1, -0.05) is 29.8 Å². The average molecular weight is 349 g/mol. The molecule has 1 aromatic carbocycles. The summed E-state index contributed by atoms with van der Waals surface area (Å²) in [5.41, 5.74) is 1.83. The Morgan fingerprint density at radius 3 is 2.76 bits per heavy atom. The van der Waals surface area contributed by atoms with E-state index in [-0.39, 0.29) is 17.0 Å². The van der Waals surface area contributed by atoms with Gasteiger partial charge in [-0.25, -0.2) is 14.4 Å². The maximum absolute atomic E-state index is 13.4. The number of halogens is 2. The standard InChI is InChI=1S/C16H14BrFN2O/c1-16(2)6-13-11(14(21)7-16)8-19-15(20-13)10-5-9(18)3-4-12(10)17/h3-5,8H,6-7H2,1-2H3. The Hall–Kier alpha value is -1.62. The molecule has 1 heterocycles. The molecule has 0 N–H and O–H groups in total. The van der Waals surface area contributed by atoms with Crippen LogP contribution in [-0.2, 0) is 6.42 Å². The van der Waals surface area contributed by atoms with E-state index in [4.69, 9.17) is 0 Å². The Kier molecular flexibility index (Phi) is 3.40. The van der Waals surface area contributed by atoms with Crippen LogP contribution in [0, 0.1) is 11.2 Å². The maximum atomic E-state index is 13.4. The van der Waals surface area contributed by atoms with Crippen LogP contribution in [0.4, 0.5) is 4.39 Å². The predicted octanol–water partition coefficient (Wildman–Crippen LogP) is 4.20. The number of aromatic nitrogens is 2. The number of carbonyl (C=O) groups is 1. The minimum Gasteiger partial charge on any atom is -0.294 e. The van der Waals surface area contributed by atoms with Gasteiger partial charge in [-0.2, -0.15) is 0 Å². The molecule has 0 saturated carbocycles. The van der Waals surface area contributed by atoms with Gasteiger partial charge in [0.25, 0.3) is 0 Å². The highest BCUT2D eigenvalue weighted by atomic mass is 79.9. The number of carbonyl (C=O) groups excluding carboxylic acids is 1. The van der Waals surface area contributed by atoms with Gasteiger partial charge in [0.15, 0.2) is 11.6 Å². The van der Waals surface area contributed by atoms with Crippen molar-refractivity contribution in [3.05, 3.63) is 45.9 Å². The van der Waals surface area contributed by atoms with Crippen molar-refractivity contribution in [2.75, 3.05) is 0 Å². The molecule has 3 rings (SSSR count). The SMILES string of the molecule is CC1(C)CC(=O)c2cnc(-c3cc(F)ccc3Br)nc2C1. The highest BCUT2D eigenvalue weighted by Crippen LogP contribution is 2.35. The summed E-state index contributed by atoms with van der Waals surface area (Å²) in [5.74, 6) is 0.169. The van der Waals surface area contributed by atoms with E-state index in [1.807, 2.05) is 13.8 Å². The van der Waals surface area contributed by atoms with Crippen LogP contribution < -0.4 is 0 Å². The molecule has 2 aromatic rings. The fourth-order valence-electron chi connectivity index (χ4n) is 2.63. The fraction of sp³-hybridized carbons (Fsp3) is 0.312. The normalized spacial score (nSPS) is 16.7. The largest absolute Gasteiger partial charge is 0.294 e. The van der Waals surface area contributed by atoms with Crippen LogP contribution in [0.15, 0.2) is 28.9 Å². The van der Waals surface area contributed by atoms with Gasteiger partial charge in [0, 0.05) is 22.7 Å². The van der Waals surface area contributed by atoms with Gasteiger partial charge in [0.05, 0.1) is 11.3 Å². The van der Waals surface area contributed by atoms with Crippen molar-refractivity contribution in [2.45, 2.75) is 26.7 Å². The number of benzene rings is 1. The van der Waals surface area contributed by atoms with Gasteiger partial charge in [-0.15, -0.1) is 0 Å². The number of rotatable bonds is 1. The van der Waals surface area contributed by atoms with Crippen LogP contribution in [0.1, 0.15) is 36.3 Å². The number of ketones is 1. The number of hydrogen-bond acceptors (Lipinski definition) is 3. The Morgan fingerprint density at radius 1 is 1.24 bits per heavy atom. The molecule has 1 aliphatic carbocycles.